The number of nitrogens with zero attached hydrogens (tertiary/aromatic N) is 2. The number of carbonyl (C=O) groups excluding carboxylic acids is 1. The summed E-state index contributed by atoms with van der Waals surface area (Å²) in [5.74, 6) is -0.546. The molecule has 9 heteroatoms. The molecule has 2 aromatic carbocycles. The molecule has 0 spiro atoms. The van der Waals surface area contributed by atoms with Gasteiger partial charge in [0.25, 0.3) is 5.69 Å². The number of anilines is 2. The molecule has 0 aliphatic rings. The number of nitrogens with one attached hydrogen (secondary N) is 1. The molecule has 2 rings (SSSR count). The molecule has 27 heavy (non-hydrogen) atoms. The molecule has 1 N–H and O–H groups in total. The minimum Gasteiger partial charge on any atom is -0.324 e. The number of nitro groups is 1. The van der Waals surface area contributed by atoms with Gasteiger partial charge in [-0.1, -0.05) is 12.1 Å². The average molecular weight is 391 g/mol. The first-order valence-electron chi connectivity index (χ1n) is 8.12. The van der Waals surface area contributed by atoms with Gasteiger partial charge in [-0.15, -0.1) is 0 Å². The van der Waals surface area contributed by atoms with Crippen LogP contribution in [0.2, 0.25) is 0 Å². The smallest absolute Gasteiger partial charge is 0.271 e. The van der Waals surface area contributed by atoms with E-state index in [2.05, 4.69) is 5.32 Å². The van der Waals surface area contributed by atoms with Crippen molar-refractivity contribution < 1.29 is 18.1 Å². The van der Waals surface area contributed by atoms with Crippen LogP contribution < -0.4 is 9.62 Å². The van der Waals surface area contributed by atoms with Crippen molar-refractivity contribution in [3.8, 4) is 0 Å². The van der Waals surface area contributed by atoms with Crippen molar-refractivity contribution in [1.82, 2.24) is 0 Å². The maximum Gasteiger partial charge on any atom is 0.271 e. The molecule has 0 radical (unpaired) electrons. The molecule has 1 amide bonds. The van der Waals surface area contributed by atoms with Crippen LogP contribution in [0.15, 0.2) is 42.5 Å². The normalized spacial score (nSPS) is 12.3. The molecule has 144 valence electrons. The van der Waals surface area contributed by atoms with E-state index in [1.165, 1.54) is 25.1 Å². The third-order valence-corrected chi connectivity index (χ3v) is 5.40. The molecule has 1 atom stereocenters. The van der Waals surface area contributed by atoms with Crippen molar-refractivity contribution in [3.63, 3.8) is 0 Å². The van der Waals surface area contributed by atoms with Gasteiger partial charge in [0.05, 0.1) is 16.9 Å². The number of non-ortho nitro benzene ring substituents is 1. The molecular formula is C18H21N3O5S. The van der Waals surface area contributed by atoms with Crippen LogP contribution in [-0.4, -0.2) is 31.5 Å². The van der Waals surface area contributed by atoms with Gasteiger partial charge in [0.1, 0.15) is 6.04 Å². The summed E-state index contributed by atoms with van der Waals surface area (Å²) < 4.78 is 25.4. The maximum atomic E-state index is 12.6. The van der Waals surface area contributed by atoms with Crippen LogP contribution >= 0.6 is 0 Å². The van der Waals surface area contributed by atoms with E-state index < -0.39 is 26.9 Å². The second kappa shape index (κ2) is 7.75. The lowest BCUT2D eigenvalue weighted by atomic mass is 10.1. The summed E-state index contributed by atoms with van der Waals surface area (Å²) in [4.78, 5) is 23.0. The Morgan fingerprint density at radius 1 is 1.15 bits per heavy atom. The van der Waals surface area contributed by atoms with Gasteiger partial charge in [-0.2, -0.15) is 0 Å². The third-order valence-electron chi connectivity index (χ3n) is 4.16. The van der Waals surface area contributed by atoms with Gasteiger partial charge in [0.2, 0.25) is 15.9 Å². The molecular weight excluding hydrogens is 370 g/mol. The molecule has 0 bridgehead atoms. The highest BCUT2D eigenvalue weighted by Gasteiger charge is 2.30. The number of benzene rings is 2. The molecule has 0 saturated heterocycles. The minimum absolute atomic E-state index is 0.0504. The molecule has 2 aromatic rings. The van der Waals surface area contributed by atoms with Crippen molar-refractivity contribution in [3.05, 3.63) is 63.7 Å². The molecule has 0 aliphatic heterocycles. The summed E-state index contributed by atoms with van der Waals surface area (Å²) in [6.07, 6.45) is 0.950. The molecule has 1 unspecified atom stereocenters. The Bertz CT molecular complexity index is 988. The number of nitro benzene ring substituents is 1. The molecule has 0 fully saturated rings. The zero-order chi connectivity index (χ0) is 20.4. The van der Waals surface area contributed by atoms with E-state index >= 15 is 0 Å². The van der Waals surface area contributed by atoms with Gasteiger partial charge in [0.15, 0.2) is 0 Å². The number of aryl methyl sites for hydroxylation is 2. The number of carbonyl (C=O) groups is 1. The first-order valence-corrected chi connectivity index (χ1v) is 9.97. The van der Waals surface area contributed by atoms with Crippen LogP contribution in [0.4, 0.5) is 17.1 Å². The van der Waals surface area contributed by atoms with Crippen molar-refractivity contribution in [2.75, 3.05) is 15.9 Å². The predicted octanol–water partition coefficient (Wildman–Crippen LogP) is 3.00. The second-order valence-electron chi connectivity index (χ2n) is 6.30. The van der Waals surface area contributed by atoms with Gasteiger partial charge in [-0.3, -0.25) is 19.2 Å². The minimum atomic E-state index is -3.86. The highest BCUT2D eigenvalue weighted by molar-refractivity contribution is 7.92. The van der Waals surface area contributed by atoms with E-state index in [9.17, 15) is 23.3 Å². The van der Waals surface area contributed by atoms with Crippen LogP contribution in [0.25, 0.3) is 0 Å². The van der Waals surface area contributed by atoms with E-state index in [4.69, 9.17) is 0 Å². The molecule has 0 aromatic heterocycles. The zero-order valence-corrected chi connectivity index (χ0v) is 16.3. The zero-order valence-electron chi connectivity index (χ0n) is 15.5. The summed E-state index contributed by atoms with van der Waals surface area (Å²) in [7, 11) is -3.86. The van der Waals surface area contributed by atoms with Crippen LogP contribution in [0.1, 0.15) is 18.1 Å². The standard InChI is InChI=1S/C18H21N3O5S/c1-12-8-9-15(10-13(12)2)19-18(22)14(3)20(27(4,25)26)16-6-5-7-17(11-16)21(23)24/h5-11,14H,1-4H3,(H,19,22). The monoisotopic (exact) mass is 391 g/mol. The first kappa shape index (κ1) is 20.4. The van der Waals surface area contributed by atoms with Crippen LogP contribution in [-0.2, 0) is 14.8 Å². The first-order chi connectivity index (χ1) is 12.5. The highest BCUT2D eigenvalue weighted by atomic mass is 32.2. The third kappa shape index (κ3) is 4.82. The van der Waals surface area contributed by atoms with E-state index in [0.29, 0.717) is 5.69 Å². The molecule has 8 nitrogen and oxygen atoms in total. The molecule has 0 heterocycles. The number of sulfonamides is 1. The summed E-state index contributed by atoms with van der Waals surface area (Å²) >= 11 is 0. The van der Waals surface area contributed by atoms with E-state index in [0.717, 1.165) is 27.8 Å². The number of rotatable bonds is 6. The highest BCUT2D eigenvalue weighted by Crippen LogP contribution is 2.26. The fourth-order valence-electron chi connectivity index (χ4n) is 2.62. The number of hydrogen-bond acceptors (Lipinski definition) is 5. The fourth-order valence-corrected chi connectivity index (χ4v) is 3.79. The van der Waals surface area contributed by atoms with Gasteiger partial charge < -0.3 is 5.32 Å². The predicted molar refractivity (Wildman–Crippen MR) is 104 cm³/mol. The van der Waals surface area contributed by atoms with Gasteiger partial charge >= 0.3 is 0 Å². The second-order valence-corrected chi connectivity index (χ2v) is 8.16. The van der Waals surface area contributed by atoms with E-state index in [1.807, 2.05) is 19.9 Å². The van der Waals surface area contributed by atoms with E-state index in [-0.39, 0.29) is 11.4 Å². The topological polar surface area (TPSA) is 110 Å². The van der Waals surface area contributed by atoms with Crippen LogP contribution in [0.5, 0.6) is 0 Å². The molecule has 0 saturated carbocycles. The summed E-state index contributed by atoms with van der Waals surface area (Å²) in [6.45, 7) is 5.27. The Labute approximate surface area is 158 Å². The van der Waals surface area contributed by atoms with Crippen LogP contribution in [0.3, 0.4) is 0 Å². The fraction of sp³-hybridized carbons (Fsp3) is 0.278. The summed E-state index contributed by atoms with van der Waals surface area (Å²) in [5.41, 5.74) is 2.38. The maximum absolute atomic E-state index is 12.6. The Balaban J connectivity index is 2.36. The number of amides is 1. The number of hydrogen-bond donors (Lipinski definition) is 1. The van der Waals surface area contributed by atoms with Gasteiger partial charge in [-0.05, 0) is 50.1 Å². The Morgan fingerprint density at radius 2 is 1.81 bits per heavy atom. The largest absolute Gasteiger partial charge is 0.324 e. The van der Waals surface area contributed by atoms with Crippen LogP contribution in [0, 0.1) is 24.0 Å². The van der Waals surface area contributed by atoms with Crippen molar-refractivity contribution >= 4 is 33.0 Å². The summed E-state index contributed by atoms with van der Waals surface area (Å²) in [5, 5.41) is 13.7. The Morgan fingerprint density at radius 3 is 2.37 bits per heavy atom. The van der Waals surface area contributed by atoms with Gasteiger partial charge in [0, 0.05) is 17.8 Å². The SMILES string of the molecule is Cc1ccc(NC(=O)C(C)N(c2cccc([N+](=O)[O-])c2)S(C)(=O)=O)cc1C. The van der Waals surface area contributed by atoms with E-state index in [1.54, 1.807) is 12.1 Å². The Kier molecular flexibility index (Phi) is 5.85. The van der Waals surface area contributed by atoms with Crippen molar-refractivity contribution in [2.45, 2.75) is 26.8 Å². The quantitative estimate of drug-likeness (QED) is 0.601. The van der Waals surface area contributed by atoms with Crippen molar-refractivity contribution in [1.29, 1.82) is 0 Å². The lowest BCUT2D eigenvalue weighted by Gasteiger charge is -2.28. The lowest BCUT2D eigenvalue weighted by Crippen LogP contribution is -2.45. The van der Waals surface area contributed by atoms with Gasteiger partial charge in [-0.25, -0.2) is 8.42 Å². The average Bonchev–Trinajstić information content (AvgIpc) is 2.57. The summed E-state index contributed by atoms with van der Waals surface area (Å²) in [6, 6.07) is 9.43. The van der Waals surface area contributed by atoms with Crippen molar-refractivity contribution in [2.24, 2.45) is 0 Å². The molecule has 0 aliphatic carbocycles. The lowest BCUT2D eigenvalue weighted by molar-refractivity contribution is -0.384. The Hall–Kier alpha value is -2.94.